The Labute approximate surface area is 135 Å². The maximum Gasteiger partial charge on any atom is 0.269 e. The molecule has 0 aromatic heterocycles. The lowest BCUT2D eigenvalue weighted by atomic mass is 10.2. The lowest BCUT2D eigenvalue weighted by molar-refractivity contribution is -0.384. The molecule has 1 aromatic rings. The van der Waals surface area contributed by atoms with Gasteiger partial charge in [0.25, 0.3) is 5.69 Å². The van der Waals surface area contributed by atoms with E-state index in [2.05, 4.69) is 53.7 Å². The summed E-state index contributed by atoms with van der Waals surface area (Å²) in [5, 5.41) is 10.7. The van der Waals surface area contributed by atoms with Crippen LogP contribution in [0.15, 0.2) is 30.3 Å². The van der Waals surface area contributed by atoms with Crippen molar-refractivity contribution in [1.82, 2.24) is 0 Å². The first-order valence-electron chi connectivity index (χ1n) is 8.12. The van der Waals surface area contributed by atoms with Gasteiger partial charge in [-0.1, -0.05) is 70.3 Å². The minimum atomic E-state index is -1.41. The smallest absolute Gasteiger partial charge is 0.258 e. The lowest BCUT2D eigenvalue weighted by Gasteiger charge is -2.42. The number of benzene rings is 1. The number of nitrogens with zero attached hydrogens (tertiary/aromatic N) is 1. The first-order valence-corrected chi connectivity index (χ1v) is 10.6. The van der Waals surface area contributed by atoms with Crippen molar-refractivity contribution >= 4 is 19.8 Å². The van der Waals surface area contributed by atoms with Crippen molar-refractivity contribution < 1.29 is 4.92 Å². The van der Waals surface area contributed by atoms with Crippen LogP contribution in [0.3, 0.4) is 0 Å². The number of hydrogen-bond donors (Lipinski definition) is 0. The number of nitro groups is 1. The van der Waals surface area contributed by atoms with Crippen molar-refractivity contribution in [1.29, 1.82) is 0 Å². The van der Waals surface area contributed by atoms with E-state index >= 15 is 0 Å². The predicted molar refractivity (Wildman–Crippen MR) is 98.0 cm³/mol. The molecule has 4 heteroatoms. The summed E-state index contributed by atoms with van der Waals surface area (Å²) in [6.45, 7) is 14.2. The lowest BCUT2D eigenvalue weighted by Crippen LogP contribution is -2.43. The zero-order valence-electron chi connectivity index (χ0n) is 14.7. The number of nitro benzene ring substituents is 1. The largest absolute Gasteiger partial charge is 0.269 e. The molecule has 0 amide bonds. The molecule has 0 bridgehead atoms. The summed E-state index contributed by atoms with van der Waals surface area (Å²) in [6, 6.07) is 7.93. The molecule has 0 fully saturated rings. The second kappa shape index (κ2) is 7.72. The third-order valence-electron chi connectivity index (χ3n) is 5.11. The van der Waals surface area contributed by atoms with Crippen LogP contribution in [0.1, 0.15) is 47.1 Å². The molecule has 0 saturated carbocycles. The molecule has 0 spiro atoms. The highest BCUT2D eigenvalue weighted by molar-refractivity contribution is 6.83. The minimum Gasteiger partial charge on any atom is -0.258 e. The minimum absolute atomic E-state index is 0.146. The van der Waals surface area contributed by atoms with Crippen molar-refractivity contribution in [2.75, 3.05) is 0 Å². The Balaban J connectivity index is 2.90. The summed E-state index contributed by atoms with van der Waals surface area (Å²) < 4.78 is 0. The van der Waals surface area contributed by atoms with Gasteiger partial charge in [-0.15, -0.1) is 0 Å². The van der Waals surface area contributed by atoms with E-state index in [1.807, 2.05) is 12.1 Å². The van der Waals surface area contributed by atoms with Gasteiger partial charge in [0, 0.05) is 12.1 Å². The number of allylic oxidation sites excluding steroid dienone is 1. The highest BCUT2D eigenvalue weighted by Gasteiger charge is 2.41. The van der Waals surface area contributed by atoms with Crippen molar-refractivity contribution in [2.24, 2.45) is 0 Å². The summed E-state index contributed by atoms with van der Waals surface area (Å²) in [5.41, 5.74) is 3.41. The molecule has 122 valence electrons. The fourth-order valence-corrected chi connectivity index (χ4v) is 9.75. The highest BCUT2D eigenvalue weighted by atomic mass is 28.3. The monoisotopic (exact) mass is 319 g/mol. The van der Waals surface area contributed by atoms with Gasteiger partial charge >= 0.3 is 0 Å². The van der Waals surface area contributed by atoms with E-state index in [0.29, 0.717) is 0 Å². The van der Waals surface area contributed by atoms with Gasteiger partial charge in [-0.25, -0.2) is 0 Å². The van der Waals surface area contributed by atoms with Gasteiger partial charge in [-0.2, -0.15) is 0 Å². The maximum absolute atomic E-state index is 10.7. The molecule has 0 unspecified atom stereocenters. The highest BCUT2D eigenvalue weighted by Crippen LogP contribution is 2.44. The molecule has 22 heavy (non-hydrogen) atoms. The Bertz CT molecular complexity index is 497. The van der Waals surface area contributed by atoms with Crippen molar-refractivity contribution in [3.8, 4) is 0 Å². The van der Waals surface area contributed by atoms with Gasteiger partial charge in [0.15, 0.2) is 0 Å². The van der Waals surface area contributed by atoms with Crippen LogP contribution >= 0.6 is 0 Å². The average Bonchev–Trinajstić information content (AvgIpc) is 2.42. The summed E-state index contributed by atoms with van der Waals surface area (Å²) in [6.07, 6.45) is 4.39. The zero-order chi connectivity index (χ0) is 16.9. The normalized spacial score (nSPS) is 12.8. The second-order valence-electron chi connectivity index (χ2n) is 7.03. The topological polar surface area (TPSA) is 43.1 Å². The van der Waals surface area contributed by atoms with Gasteiger partial charge < -0.3 is 0 Å². The van der Waals surface area contributed by atoms with Gasteiger partial charge in [0.2, 0.25) is 0 Å². The van der Waals surface area contributed by atoms with E-state index in [-0.39, 0.29) is 10.6 Å². The van der Waals surface area contributed by atoms with Crippen molar-refractivity contribution in [2.45, 2.75) is 64.2 Å². The first-order chi connectivity index (χ1) is 10.2. The maximum atomic E-state index is 10.7. The fourth-order valence-electron chi connectivity index (χ4n) is 3.81. The average molecular weight is 320 g/mol. The van der Waals surface area contributed by atoms with Gasteiger partial charge in [0.05, 0.1) is 13.0 Å². The van der Waals surface area contributed by atoms with Gasteiger partial charge in [0.1, 0.15) is 0 Å². The van der Waals surface area contributed by atoms with Gasteiger partial charge in [-0.3, -0.25) is 10.1 Å². The van der Waals surface area contributed by atoms with Crippen molar-refractivity contribution in [3.63, 3.8) is 0 Å². The van der Waals surface area contributed by atoms with Gasteiger partial charge in [-0.05, 0) is 23.7 Å². The molecular formula is C18H29NO2Si. The van der Waals surface area contributed by atoms with E-state index in [1.54, 1.807) is 12.1 Å². The predicted octanol–water partition coefficient (Wildman–Crippen LogP) is 6.29. The Hall–Kier alpha value is -1.42. The van der Waals surface area contributed by atoms with E-state index < -0.39 is 8.07 Å². The summed E-state index contributed by atoms with van der Waals surface area (Å²) >= 11 is 0. The molecule has 0 saturated heterocycles. The second-order valence-corrected chi connectivity index (χ2v) is 13.1. The molecule has 3 nitrogen and oxygen atoms in total. The van der Waals surface area contributed by atoms with Crippen LogP contribution in [0.25, 0.3) is 6.08 Å². The SMILES string of the molecule is CC(C)[Si](C/C=C/c1ccc([N+](=O)[O-])cc1)(C(C)C)C(C)C. The number of rotatable bonds is 7. The Kier molecular flexibility index (Phi) is 6.54. The van der Waals surface area contributed by atoms with E-state index in [9.17, 15) is 10.1 Å². The molecule has 0 atom stereocenters. The fraction of sp³-hybridized carbons (Fsp3) is 0.556. The quantitative estimate of drug-likeness (QED) is 0.337. The molecule has 1 rings (SSSR count). The molecule has 0 aliphatic rings. The third-order valence-corrected chi connectivity index (χ3v) is 12.5. The Morgan fingerprint density at radius 2 is 1.45 bits per heavy atom. The molecule has 1 aromatic carbocycles. The van der Waals surface area contributed by atoms with Crippen LogP contribution in [0.4, 0.5) is 5.69 Å². The Morgan fingerprint density at radius 3 is 1.82 bits per heavy atom. The van der Waals surface area contributed by atoms with Crippen LogP contribution in [-0.2, 0) is 0 Å². The molecule has 0 radical (unpaired) electrons. The molecule has 0 aliphatic carbocycles. The van der Waals surface area contributed by atoms with Crippen LogP contribution in [-0.4, -0.2) is 13.0 Å². The van der Waals surface area contributed by atoms with Crippen LogP contribution in [0.2, 0.25) is 22.7 Å². The first kappa shape index (κ1) is 18.6. The van der Waals surface area contributed by atoms with Crippen LogP contribution < -0.4 is 0 Å². The summed E-state index contributed by atoms with van der Waals surface area (Å²) in [5.74, 6) is 0. The molecule has 0 heterocycles. The number of hydrogen-bond acceptors (Lipinski definition) is 2. The zero-order valence-corrected chi connectivity index (χ0v) is 15.7. The molecule has 0 aliphatic heterocycles. The van der Waals surface area contributed by atoms with E-state index in [0.717, 1.165) is 28.2 Å². The number of non-ortho nitro benzene ring substituents is 1. The van der Waals surface area contributed by atoms with E-state index in [1.165, 1.54) is 0 Å². The Morgan fingerprint density at radius 1 is 1.00 bits per heavy atom. The standard InChI is InChI=1S/C18H29NO2Si/c1-14(2)22(15(3)4,16(5)6)13-7-8-17-9-11-18(12-10-17)19(20)21/h7-12,14-16H,13H2,1-6H3/b8-7+. The van der Waals surface area contributed by atoms with E-state index in [4.69, 9.17) is 0 Å². The third kappa shape index (κ3) is 4.06. The van der Waals surface area contributed by atoms with Crippen LogP contribution in [0.5, 0.6) is 0 Å². The van der Waals surface area contributed by atoms with Crippen molar-refractivity contribution in [3.05, 3.63) is 46.0 Å². The summed E-state index contributed by atoms with van der Waals surface area (Å²) in [4.78, 5) is 10.3. The summed E-state index contributed by atoms with van der Waals surface area (Å²) in [7, 11) is -1.41. The molecular weight excluding hydrogens is 290 g/mol. The molecule has 0 N–H and O–H groups in total. The van der Waals surface area contributed by atoms with Crippen LogP contribution in [0, 0.1) is 10.1 Å².